The second kappa shape index (κ2) is 14.1. The van der Waals surface area contributed by atoms with Gasteiger partial charge >= 0.3 is 0 Å². The van der Waals surface area contributed by atoms with Gasteiger partial charge in [0.25, 0.3) is 0 Å². The van der Waals surface area contributed by atoms with Crippen LogP contribution in [-0.2, 0) is 0 Å². The molecule has 162 valence electrons. The third kappa shape index (κ3) is 7.95. The fourth-order valence-corrected chi connectivity index (χ4v) is 4.00. The number of hydrogen-bond acceptors (Lipinski definition) is 3. The van der Waals surface area contributed by atoms with E-state index in [9.17, 15) is 5.11 Å². The van der Waals surface area contributed by atoms with Crippen LogP contribution in [0.5, 0.6) is 5.75 Å². The number of fused-ring (bicyclic) bond motifs is 1. The number of phenolic OH excluding ortho intramolecular Hbond substituents is 1. The molecule has 3 N–H and O–H groups in total. The van der Waals surface area contributed by atoms with Gasteiger partial charge in [0.15, 0.2) is 0 Å². The second-order valence-corrected chi connectivity index (χ2v) is 7.73. The van der Waals surface area contributed by atoms with Crippen LogP contribution in [-0.4, -0.2) is 17.8 Å². The number of allylic oxidation sites excluding steroid dienone is 2. The first-order valence-corrected chi connectivity index (χ1v) is 10.6. The Kier molecular flexibility index (Phi) is 12.6. The van der Waals surface area contributed by atoms with Crippen LogP contribution in [0, 0.1) is 5.92 Å². The van der Waals surface area contributed by atoms with Crippen LogP contribution in [0.15, 0.2) is 48.6 Å². The zero-order valence-corrected chi connectivity index (χ0v) is 20.8. The van der Waals surface area contributed by atoms with E-state index in [0.29, 0.717) is 5.75 Å². The lowest BCUT2D eigenvalue weighted by molar-refractivity contribution is 0.442. The molecule has 3 rings (SSSR count). The number of phenols is 1. The Morgan fingerprint density at radius 2 is 1.86 bits per heavy atom. The van der Waals surface area contributed by atoms with E-state index in [2.05, 4.69) is 41.8 Å². The van der Waals surface area contributed by atoms with Crippen molar-refractivity contribution in [2.75, 3.05) is 11.9 Å². The summed E-state index contributed by atoms with van der Waals surface area (Å²) in [6.07, 6.45) is 15.0. The average Bonchev–Trinajstić information content (AvgIpc) is 2.69. The monoisotopic (exact) mass is 526 g/mol. The quantitative estimate of drug-likeness (QED) is 0.172. The highest BCUT2D eigenvalue weighted by Gasteiger charge is 2.13. The molecule has 0 saturated carbocycles. The Labute approximate surface area is 196 Å². The van der Waals surface area contributed by atoms with Crippen LogP contribution in [0.3, 0.4) is 0 Å². The molecule has 0 fully saturated rings. The van der Waals surface area contributed by atoms with E-state index in [4.69, 9.17) is 0 Å². The standard InChI is InChI=1S/C24H34N2O.2BrH/c1-2-3-5-16-24(25-18-17-19-10-6-4-7-11-19)26-22-14-8-13-21-20(22)12-9-15-23(21)27;;/h6,8-10,12-15,19,24-27H,2-5,7,11,16-18H2,1H3;2*1H. The largest absolute Gasteiger partial charge is 0.507 e. The number of benzene rings is 2. The first kappa shape index (κ1) is 26.0. The van der Waals surface area contributed by atoms with Gasteiger partial charge in [-0.2, -0.15) is 0 Å². The number of nitrogens with one attached hydrogen (secondary N) is 2. The van der Waals surface area contributed by atoms with Crippen molar-refractivity contribution in [1.82, 2.24) is 5.32 Å². The Morgan fingerprint density at radius 3 is 2.62 bits per heavy atom. The molecule has 0 saturated heterocycles. The maximum absolute atomic E-state index is 10.1. The molecule has 2 unspecified atom stereocenters. The lowest BCUT2D eigenvalue weighted by Crippen LogP contribution is -2.37. The van der Waals surface area contributed by atoms with Crippen molar-refractivity contribution in [3.05, 3.63) is 48.6 Å². The smallest absolute Gasteiger partial charge is 0.123 e. The van der Waals surface area contributed by atoms with E-state index in [0.717, 1.165) is 35.3 Å². The summed E-state index contributed by atoms with van der Waals surface area (Å²) in [5, 5.41) is 19.6. The maximum Gasteiger partial charge on any atom is 0.123 e. The molecule has 1 aliphatic rings. The van der Waals surface area contributed by atoms with Crippen LogP contribution in [0.25, 0.3) is 10.8 Å². The summed E-state index contributed by atoms with van der Waals surface area (Å²) in [4.78, 5) is 0. The minimum absolute atomic E-state index is 0. The molecule has 0 radical (unpaired) electrons. The lowest BCUT2D eigenvalue weighted by Gasteiger charge is -2.24. The number of anilines is 1. The van der Waals surface area contributed by atoms with Crippen molar-refractivity contribution in [3.8, 4) is 5.75 Å². The van der Waals surface area contributed by atoms with Crippen molar-refractivity contribution in [1.29, 1.82) is 0 Å². The third-order valence-electron chi connectivity index (χ3n) is 5.58. The van der Waals surface area contributed by atoms with Crippen molar-refractivity contribution < 1.29 is 5.11 Å². The third-order valence-corrected chi connectivity index (χ3v) is 5.58. The summed E-state index contributed by atoms with van der Waals surface area (Å²) in [5.74, 6) is 1.08. The van der Waals surface area contributed by atoms with E-state index in [1.165, 1.54) is 44.9 Å². The van der Waals surface area contributed by atoms with E-state index >= 15 is 0 Å². The summed E-state index contributed by atoms with van der Waals surface area (Å²) < 4.78 is 0. The molecule has 2 atom stereocenters. The van der Waals surface area contributed by atoms with E-state index in [-0.39, 0.29) is 40.1 Å². The Bertz CT molecular complexity index is 751. The lowest BCUT2D eigenvalue weighted by atomic mass is 9.93. The number of hydrogen-bond donors (Lipinski definition) is 3. The first-order valence-electron chi connectivity index (χ1n) is 10.6. The molecular weight excluding hydrogens is 492 g/mol. The molecule has 29 heavy (non-hydrogen) atoms. The van der Waals surface area contributed by atoms with Crippen molar-refractivity contribution >= 4 is 50.4 Å². The second-order valence-electron chi connectivity index (χ2n) is 7.73. The average molecular weight is 528 g/mol. The predicted molar refractivity (Wildman–Crippen MR) is 137 cm³/mol. The van der Waals surface area contributed by atoms with Gasteiger partial charge in [-0.3, -0.25) is 5.32 Å². The minimum Gasteiger partial charge on any atom is -0.507 e. The van der Waals surface area contributed by atoms with Crippen LogP contribution < -0.4 is 10.6 Å². The van der Waals surface area contributed by atoms with Crippen LogP contribution in [0.1, 0.15) is 58.3 Å². The highest BCUT2D eigenvalue weighted by Crippen LogP contribution is 2.30. The van der Waals surface area contributed by atoms with Crippen LogP contribution in [0.4, 0.5) is 5.69 Å². The molecule has 0 aromatic heterocycles. The number of aromatic hydroxyl groups is 1. The molecule has 0 spiro atoms. The SMILES string of the molecule is Br.Br.CCCCCC(NCCC1C=CCCC1)Nc1cccc2c(O)cccc12. The molecule has 3 nitrogen and oxygen atoms in total. The van der Waals surface area contributed by atoms with Gasteiger partial charge in [0.2, 0.25) is 0 Å². The first-order chi connectivity index (χ1) is 13.3. The molecule has 0 amide bonds. The molecule has 0 aliphatic heterocycles. The Balaban J connectivity index is 0.00000210. The van der Waals surface area contributed by atoms with Crippen molar-refractivity contribution in [2.24, 2.45) is 5.92 Å². The highest BCUT2D eigenvalue weighted by molar-refractivity contribution is 8.93. The zero-order valence-electron chi connectivity index (χ0n) is 17.4. The van der Waals surface area contributed by atoms with Crippen LogP contribution >= 0.6 is 34.0 Å². The van der Waals surface area contributed by atoms with E-state index in [1.54, 1.807) is 6.07 Å². The fourth-order valence-electron chi connectivity index (χ4n) is 4.00. The van der Waals surface area contributed by atoms with Crippen molar-refractivity contribution in [3.63, 3.8) is 0 Å². The molecule has 0 heterocycles. The number of rotatable bonds is 10. The van der Waals surface area contributed by atoms with E-state index < -0.39 is 0 Å². The van der Waals surface area contributed by atoms with Gasteiger partial charge < -0.3 is 10.4 Å². The van der Waals surface area contributed by atoms with Gasteiger partial charge in [0.1, 0.15) is 5.75 Å². The fraction of sp³-hybridized carbons (Fsp3) is 0.500. The molecular formula is C24H36Br2N2O. The van der Waals surface area contributed by atoms with Gasteiger partial charge in [-0.15, -0.1) is 34.0 Å². The normalized spacial score (nSPS) is 16.7. The summed E-state index contributed by atoms with van der Waals surface area (Å²) >= 11 is 0. The highest BCUT2D eigenvalue weighted by atomic mass is 79.9. The minimum atomic E-state index is 0. The zero-order chi connectivity index (χ0) is 18.9. The van der Waals surface area contributed by atoms with Gasteiger partial charge in [0.05, 0.1) is 6.17 Å². The number of halogens is 2. The Hall–Kier alpha value is -1.04. The predicted octanol–water partition coefficient (Wildman–Crippen LogP) is 7.36. The maximum atomic E-state index is 10.1. The topological polar surface area (TPSA) is 44.3 Å². The van der Waals surface area contributed by atoms with E-state index in [1.807, 2.05) is 18.2 Å². The molecule has 1 aliphatic carbocycles. The summed E-state index contributed by atoms with van der Waals surface area (Å²) in [6.45, 7) is 3.29. The summed E-state index contributed by atoms with van der Waals surface area (Å²) in [5.41, 5.74) is 1.09. The molecule has 5 heteroatoms. The molecule has 0 bridgehead atoms. The summed E-state index contributed by atoms with van der Waals surface area (Å²) in [7, 11) is 0. The van der Waals surface area contributed by atoms with Gasteiger partial charge in [-0.05, 0) is 56.7 Å². The van der Waals surface area contributed by atoms with Gasteiger partial charge in [-0.1, -0.05) is 62.6 Å². The molecule has 2 aromatic carbocycles. The molecule has 2 aromatic rings. The number of unbranched alkanes of at least 4 members (excludes halogenated alkanes) is 2. The van der Waals surface area contributed by atoms with Gasteiger partial charge in [-0.25, -0.2) is 0 Å². The van der Waals surface area contributed by atoms with Crippen molar-refractivity contribution in [2.45, 2.75) is 64.5 Å². The Morgan fingerprint density at radius 1 is 1.07 bits per heavy atom. The van der Waals surface area contributed by atoms with Crippen LogP contribution in [0.2, 0.25) is 0 Å². The van der Waals surface area contributed by atoms with Gasteiger partial charge in [0, 0.05) is 16.5 Å². The summed E-state index contributed by atoms with van der Waals surface area (Å²) in [6, 6.07) is 11.8.